The summed E-state index contributed by atoms with van der Waals surface area (Å²) in [6, 6.07) is 11.3. The molecule has 3 rings (SSSR count). The van der Waals surface area contributed by atoms with E-state index >= 15 is 0 Å². The predicted octanol–water partition coefficient (Wildman–Crippen LogP) is 4.00. The Bertz CT molecular complexity index is 877. The van der Waals surface area contributed by atoms with Crippen molar-refractivity contribution in [3.63, 3.8) is 0 Å². The minimum absolute atomic E-state index is 0.0156. The number of nitrogens with one attached hydrogen (secondary N) is 1. The molecule has 2 unspecified atom stereocenters. The summed E-state index contributed by atoms with van der Waals surface area (Å²) >= 11 is 1.54. The smallest absolute Gasteiger partial charge is 0.307 e. The molecular formula is C23H28N2O4S. The molecule has 0 bridgehead atoms. The quantitative estimate of drug-likeness (QED) is 0.677. The molecule has 1 aromatic heterocycles. The van der Waals surface area contributed by atoms with E-state index in [0.717, 1.165) is 16.1 Å². The highest BCUT2D eigenvalue weighted by atomic mass is 32.1. The van der Waals surface area contributed by atoms with Gasteiger partial charge < -0.3 is 15.0 Å². The van der Waals surface area contributed by atoms with Crippen molar-refractivity contribution in [2.24, 2.45) is 5.92 Å². The number of carbonyl (C=O) groups is 3. The molecule has 160 valence electrons. The number of hydrogen-bond acceptors (Lipinski definition) is 5. The van der Waals surface area contributed by atoms with Crippen molar-refractivity contribution >= 4 is 34.8 Å². The third-order valence-electron chi connectivity index (χ3n) is 5.08. The van der Waals surface area contributed by atoms with E-state index in [-0.39, 0.29) is 48.8 Å². The fraction of sp³-hybridized carbons (Fsp3) is 0.435. The van der Waals surface area contributed by atoms with Gasteiger partial charge in [-0.25, -0.2) is 0 Å². The van der Waals surface area contributed by atoms with Gasteiger partial charge in [-0.2, -0.15) is 0 Å². The highest BCUT2D eigenvalue weighted by Crippen LogP contribution is 2.41. The van der Waals surface area contributed by atoms with Crippen LogP contribution in [-0.2, 0) is 19.1 Å². The van der Waals surface area contributed by atoms with Gasteiger partial charge in [0.25, 0.3) is 0 Å². The van der Waals surface area contributed by atoms with Gasteiger partial charge in [-0.1, -0.05) is 23.8 Å². The maximum Gasteiger partial charge on any atom is 0.307 e. The van der Waals surface area contributed by atoms with Crippen molar-refractivity contribution in [3.05, 3.63) is 52.2 Å². The average molecular weight is 429 g/mol. The lowest BCUT2D eigenvalue weighted by Crippen LogP contribution is -2.48. The summed E-state index contributed by atoms with van der Waals surface area (Å²) in [5.74, 6) is -0.846. The summed E-state index contributed by atoms with van der Waals surface area (Å²) < 4.78 is 5.11. The van der Waals surface area contributed by atoms with E-state index in [1.54, 1.807) is 30.1 Å². The molecular weight excluding hydrogens is 400 g/mol. The van der Waals surface area contributed by atoms with Crippen LogP contribution < -0.4 is 10.2 Å². The fourth-order valence-corrected chi connectivity index (χ4v) is 4.58. The van der Waals surface area contributed by atoms with Crippen LogP contribution in [0, 0.1) is 12.8 Å². The summed E-state index contributed by atoms with van der Waals surface area (Å²) in [6.07, 6.45) is 0.736. The second-order valence-electron chi connectivity index (χ2n) is 7.78. The van der Waals surface area contributed by atoms with Crippen LogP contribution in [0.1, 0.15) is 49.6 Å². The number of nitrogens with zero attached hydrogens (tertiary/aromatic N) is 1. The van der Waals surface area contributed by atoms with Crippen LogP contribution in [-0.4, -0.2) is 30.4 Å². The zero-order valence-corrected chi connectivity index (χ0v) is 18.4. The van der Waals surface area contributed by atoms with E-state index in [2.05, 4.69) is 5.32 Å². The molecule has 2 atom stereocenters. The van der Waals surface area contributed by atoms with E-state index in [0.29, 0.717) is 12.8 Å². The summed E-state index contributed by atoms with van der Waals surface area (Å²) in [7, 11) is 0. The Kier molecular flexibility index (Phi) is 7.26. The van der Waals surface area contributed by atoms with Crippen molar-refractivity contribution in [2.45, 2.75) is 52.2 Å². The zero-order valence-electron chi connectivity index (χ0n) is 17.6. The molecule has 0 radical (unpaired) electrons. The van der Waals surface area contributed by atoms with Gasteiger partial charge in [0.05, 0.1) is 24.5 Å². The van der Waals surface area contributed by atoms with Crippen molar-refractivity contribution in [2.75, 3.05) is 11.4 Å². The number of carbonyl (C=O) groups excluding carboxylic acids is 3. The maximum atomic E-state index is 13.0. The predicted molar refractivity (Wildman–Crippen MR) is 117 cm³/mol. The van der Waals surface area contributed by atoms with Crippen molar-refractivity contribution in [1.29, 1.82) is 0 Å². The molecule has 6 nitrogen and oxygen atoms in total. The number of ether oxygens (including phenoxy) is 1. The summed E-state index contributed by atoms with van der Waals surface area (Å²) in [6.45, 7) is 5.80. The van der Waals surface area contributed by atoms with Gasteiger partial charge in [0.1, 0.15) is 0 Å². The number of piperidine rings is 1. The molecule has 0 saturated carbocycles. The van der Waals surface area contributed by atoms with Crippen molar-refractivity contribution in [3.8, 4) is 0 Å². The normalized spacial score (nSPS) is 19.1. The van der Waals surface area contributed by atoms with E-state index in [1.165, 1.54) is 0 Å². The van der Waals surface area contributed by atoms with Crippen LogP contribution in [0.15, 0.2) is 41.8 Å². The van der Waals surface area contributed by atoms with E-state index < -0.39 is 0 Å². The van der Waals surface area contributed by atoms with Crippen LogP contribution >= 0.6 is 11.3 Å². The van der Waals surface area contributed by atoms with Crippen molar-refractivity contribution in [1.82, 2.24) is 5.32 Å². The van der Waals surface area contributed by atoms with Gasteiger partial charge in [0.2, 0.25) is 11.8 Å². The topological polar surface area (TPSA) is 75.7 Å². The fourth-order valence-electron chi connectivity index (χ4n) is 3.70. The standard InChI is InChI=1S/C23H28N2O4S/c1-15(2)29-21(27)12-13-24-23(28)18-10-11-20(26)25(17-8-6-16(3)7-9-17)22(18)19-5-4-14-30-19/h4-9,14-15,18,22H,10-13H2,1-3H3,(H,24,28). The summed E-state index contributed by atoms with van der Waals surface area (Å²) in [5.41, 5.74) is 1.90. The maximum absolute atomic E-state index is 13.0. The van der Waals surface area contributed by atoms with Crippen LogP contribution in [0.3, 0.4) is 0 Å². The van der Waals surface area contributed by atoms with E-state index in [9.17, 15) is 14.4 Å². The number of anilines is 1. The number of benzene rings is 1. The van der Waals surface area contributed by atoms with Crippen LogP contribution in [0.2, 0.25) is 0 Å². The summed E-state index contributed by atoms with van der Waals surface area (Å²) in [4.78, 5) is 40.4. The Hall–Kier alpha value is -2.67. The first-order valence-electron chi connectivity index (χ1n) is 10.3. The molecule has 30 heavy (non-hydrogen) atoms. The Balaban J connectivity index is 1.79. The highest BCUT2D eigenvalue weighted by molar-refractivity contribution is 7.10. The van der Waals surface area contributed by atoms with Crippen LogP contribution in [0.5, 0.6) is 0 Å². The first-order chi connectivity index (χ1) is 14.4. The first kappa shape index (κ1) is 22.0. The highest BCUT2D eigenvalue weighted by Gasteiger charge is 2.41. The van der Waals surface area contributed by atoms with Gasteiger partial charge in [0, 0.05) is 23.5 Å². The molecule has 1 aliphatic heterocycles. The molecule has 1 fully saturated rings. The minimum Gasteiger partial charge on any atom is -0.463 e. The molecule has 1 aliphatic rings. The van der Waals surface area contributed by atoms with E-state index in [4.69, 9.17) is 4.74 Å². The van der Waals surface area contributed by atoms with Crippen molar-refractivity contribution < 1.29 is 19.1 Å². The Morgan fingerprint density at radius 1 is 1.23 bits per heavy atom. The average Bonchev–Trinajstić information content (AvgIpc) is 3.22. The molecule has 1 saturated heterocycles. The van der Waals surface area contributed by atoms with Gasteiger partial charge in [-0.15, -0.1) is 11.3 Å². The number of aryl methyl sites for hydroxylation is 1. The molecule has 0 spiro atoms. The minimum atomic E-state index is -0.385. The second-order valence-corrected chi connectivity index (χ2v) is 8.76. The number of hydrogen-bond donors (Lipinski definition) is 1. The van der Waals surface area contributed by atoms with Gasteiger partial charge >= 0.3 is 5.97 Å². The molecule has 7 heteroatoms. The van der Waals surface area contributed by atoms with Gasteiger partial charge in [-0.05, 0) is 50.8 Å². The molecule has 2 amide bonds. The number of amides is 2. The van der Waals surface area contributed by atoms with Crippen LogP contribution in [0.4, 0.5) is 5.69 Å². The number of thiophene rings is 1. The first-order valence-corrected chi connectivity index (χ1v) is 11.1. The number of rotatable bonds is 7. The SMILES string of the molecule is Cc1ccc(N2C(=O)CCC(C(=O)NCCC(=O)OC(C)C)C2c2cccs2)cc1. The zero-order chi connectivity index (χ0) is 21.7. The Labute approximate surface area is 181 Å². The Morgan fingerprint density at radius 3 is 2.60 bits per heavy atom. The third kappa shape index (κ3) is 5.27. The monoisotopic (exact) mass is 428 g/mol. The third-order valence-corrected chi connectivity index (χ3v) is 6.02. The molecule has 1 N–H and O–H groups in total. The summed E-state index contributed by atoms with van der Waals surface area (Å²) in [5, 5.41) is 4.83. The Morgan fingerprint density at radius 2 is 1.97 bits per heavy atom. The van der Waals surface area contributed by atoms with E-state index in [1.807, 2.05) is 48.7 Å². The van der Waals surface area contributed by atoms with Gasteiger partial charge in [0.15, 0.2) is 0 Å². The molecule has 2 heterocycles. The van der Waals surface area contributed by atoms with Gasteiger partial charge in [-0.3, -0.25) is 14.4 Å². The molecule has 0 aliphatic carbocycles. The lowest BCUT2D eigenvalue weighted by molar-refractivity contribution is -0.147. The molecule has 1 aromatic carbocycles. The number of esters is 1. The second kappa shape index (κ2) is 9.89. The lowest BCUT2D eigenvalue weighted by atomic mass is 9.86. The lowest BCUT2D eigenvalue weighted by Gasteiger charge is -2.40. The largest absolute Gasteiger partial charge is 0.463 e. The van der Waals surface area contributed by atoms with Crippen LogP contribution in [0.25, 0.3) is 0 Å². The molecule has 2 aromatic rings.